The first-order chi connectivity index (χ1) is 15.7. The molecule has 0 aliphatic carbocycles. The molecule has 1 fully saturated rings. The fourth-order valence-corrected chi connectivity index (χ4v) is 3.36. The molecule has 0 saturated carbocycles. The van der Waals surface area contributed by atoms with Crippen LogP contribution in [0, 0.1) is 6.92 Å². The molecule has 166 valence electrons. The van der Waals surface area contributed by atoms with Crippen LogP contribution in [0.25, 0.3) is 0 Å². The standard InChI is InChI=1S/C24H28N6O2/c1-18-6-5-7-20(16-18)19(2)28-29-22-17-23(30-11-14-31-15-12-30)27-24(26-22)32-13-9-21-8-3-4-10-25-21/h3-8,10,16-17H,9,11-15H2,1-2H3,(H,26,27,29)/b28-19-. The highest BCUT2D eigenvalue weighted by atomic mass is 16.5. The van der Waals surface area contributed by atoms with E-state index in [-0.39, 0.29) is 0 Å². The Morgan fingerprint density at radius 1 is 1.12 bits per heavy atom. The van der Waals surface area contributed by atoms with Crippen LogP contribution in [0.3, 0.4) is 0 Å². The number of ether oxygens (including phenoxy) is 2. The van der Waals surface area contributed by atoms with Gasteiger partial charge in [-0.25, -0.2) is 0 Å². The Balaban J connectivity index is 1.50. The van der Waals surface area contributed by atoms with Crippen molar-refractivity contribution < 1.29 is 9.47 Å². The first-order valence-corrected chi connectivity index (χ1v) is 10.8. The monoisotopic (exact) mass is 432 g/mol. The van der Waals surface area contributed by atoms with Crippen LogP contribution in [-0.4, -0.2) is 53.6 Å². The number of rotatable bonds is 8. The molecule has 1 N–H and O–H groups in total. The Morgan fingerprint density at radius 2 is 2.00 bits per heavy atom. The van der Waals surface area contributed by atoms with Crippen molar-refractivity contribution in [3.8, 4) is 6.01 Å². The van der Waals surface area contributed by atoms with Gasteiger partial charge in [-0.15, -0.1) is 0 Å². The summed E-state index contributed by atoms with van der Waals surface area (Å²) in [4.78, 5) is 15.6. The third kappa shape index (κ3) is 6.01. The number of aryl methyl sites for hydroxylation is 1. The molecule has 1 saturated heterocycles. The number of hydrazone groups is 1. The molecular weight excluding hydrogens is 404 g/mol. The molecule has 32 heavy (non-hydrogen) atoms. The lowest BCUT2D eigenvalue weighted by atomic mass is 10.1. The fourth-order valence-electron chi connectivity index (χ4n) is 3.36. The Labute approximate surface area is 188 Å². The summed E-state index contributed by atoms with van der Waals surface area (Å²) in [7, 11) is 0. The largest absolute Gasteiger partial charge is 0.463 e. The zero-order valence-corrected chi connectivity index (χ0v) is 18.5. The van der Waals surface area contributed by atoms with Gasteiger partial charge in [-0.1, -0.05) is 35.9 Å². The highest BCUT2D eigenvalue weighted by Gasteiger charge is 2.16. The number of nitrogens with zero attached hydrogens (tertiary/aromatic N) is 5. The van der Waals surface area contributed by atoms with Crippen LogP contribution >= 0.6 is 0 Å². The Hall–Kier alpha value is -3.52. The van der Waals surface area contributed by atoms with E-state index in [1.54, 1.807) is 6.20 Å². The number of hydrogen-bond acceptors (Lipinski definition) is 8. The smallest absolute Gasteiger partial charge is 0.320 e. The molecule has 3 aromatic rings. The summed E-state index contributed by atoms with van der Waals surface area (Å²) < 4.78 is 11.4. The summed E-state index contributed by atoms with van der Waals surface area (Å²) in [5.41, 5.74) is 7.17. The molecule has 0 radical (unpaired) electrons. The molecule has 8 heteroatoms. The van der Waals surface area contributed by atoms with E-state index in [1.807, 2.05) is 43.3 Å². The van der Waals surface area contributed by atoms with Gasteiger partial charge in [-0.3, -0.25) is 10.4 Å². The SMILES string of the molecule is C/C(=N/Nc1cc(N2CCOCC2)nc(OCCc2ccccn2)n1)c1cccc(C)c1. The zero-order chi connectivity index (χ0) is 22.2. The minimum Gasteiger partial charge on any atom is -0.463 e. The Morgan fingerprint density at radius 3 is 2.78 bits per heavy atom. The van der Waals surface area contributed by atoms with Crippen molar-refractivity contribution in [3.63, 3.8) is 0 Å². The van der Waals surface area contributed by atoms with Gasteiger partial charge in [0.05, 0.1) is 25.5 Å². The summed E-state index contributed by atoms with van der Waals surface area (Å²) >= 11 is 0. The summed E-state index contributed by atoms with van der Waals surface area (Å²) in [5.74, 6) is 1.38. The predicted molar refractivity (Wildman–Crippen MR) is 126 cm³/mol. The van der Waals surface area contributed by atoms with Gasteiger partial charge in [0, 0.05) is 37.5 Å². The third-order valence-corrected chi connectivity index (χ3v) is 5.12. The molecule has 4 rings (SSSR count). The average Bonchev–Trinajstić information content (AvgIpc) is 2.84. The molecular formula is C24H28N6O2. The van der Waals surface area contributed by atoms with Crippen molar-refractivity contribution in [1.29, 1.82) is 0 Å². The number of pyridine rings is 1. The molecule has 3 heterocycles. The van der Waals surface area contributed by atoms with Gasteiger partial charge in [0.1, 0.15) is 5.82 Å². The first kappa shape index (κ1) is 21.7. The van der Waals surface area contributed by atoms with E-state index >= 15 is 0 Å². The van der Waals surface area contributed by atoms with Crippen LogP contribution < -0.4 is 15.1 Å². The fraction of sp³-hybridized carbons (Fsp3) is 0.333. The lowest BCUT2D eigenvalue weighted by molar-refractivity contribution is 0.122. The minimum atomic E-state index is 0.316. The van der Waals surface area contributed by atoms with E-state index in [1.165, 1.54) is 5.56 Å². The number of hydrogen-bond donors (Lipinski definition) is 1. The second-order valence-electron chi connectivity index (χ2n) is 7.59. The lowest BCUT2D eigenvalue weighted by Gasteiger charge is -2.28. The average molecular weight is 433 g/mol. The maximum absolute atomic E-state index is 5.88. The van der Waals surface area contributed by atoms with Crippen LogP contribution in [0.2, 0.25) is 0 Å². The van der Waals surface area contributed by atoms with E-state index in [0.29, 0.717) is 38.1 Å². The van der Waals surface area contributed by atoms with E-state index in [0.717, 1.165) is 35.9 Å². The van der Waals surface area contributed by atoms with Crippen molar-refractivity contribution in [2.45, 2.75) is 20.3 Å². The van der Waals surface area contributed by atoms with E-state index in [4.69, 9.17) is 9.47 Å². The van der Waals surface area contributed by atoms with Gasteiger partial charge in [0.15, 0.2) is 5.82 Å². The second-order valence-corrected chi connectivity index (χ2v) is 7.59. The molecule has 2 aromatic heterocycles. The molecule has 1 aliphatic heterocycles. The van der Waals surface area contributed by atoms with Gasteiger partial charge in [-0.05, 0) is 31.5 Å². The topological polar surface area (TPSA) is 84.8 Å². The summed E-state index contributed by atoms with van der Waals surface area (Å²) in [6.07, 6.45) is 2.46. The number of morpholine rings is 1. The van der Waals surface area contributed by atoms with Crippen molar-refractivity contribution >= 4 is 17.3 Å². The molecule has 1 aromatic carbocycles. The van der Waals surface area contributed by atoms with E-state index in [9.17, 15) is 0 Å². The molecule has 8 nitrogen and oxygen atoms in total. The van der Waals surface area contributed by atoms with E-state index < -0.39 is 0 Å². The van der Waals surface area contributed by atoms with Crippen LogP contribution in [0.5, 0.6) is 6.01 Å². The van der Waals surface area contributed by atoms with Gasteiger partial charge >= 0.3 is 6.01 Å². The normalized spacial score (nSPS) is 14.3. The summed E-state index contributed by atoms with van der Waals surface area (Å²) in [6.45, 7) is 7.37. The van der Waals surface area contributed by atoms with Gasteiger partial charge in [0.25, 0.3) is 0 Å². The maximum atomic E-state index is 5.88. The molecule has 0 atom stereocenters. The minimum absolute atomic E-state index is 0.316. The van der Waals surface area contributed by atoms with Crippen LogP contribution in [0.4, 0.5) is 11.6 Å². The summed E-state index contributed by atoms with van der Waals surface area (Å²) in [5, 5.41) is 4.53. The molecule has 0 unspecified atom stereocenters. The van der Waals surface area contributed by atoms with Crippen molar-refractivity contribution in [2.24, 2.45) is 5.10 Å². The maximum Gasteiger partial charge on any atom is 0.320 e. The quantitative estimate of drug-likeness (QED) is 0.431. The van der Waals surface area contributed by atoms with Crippen molar-refractivity contribution in [2.75, 3.05) is 43.2 Å². The second kappa shape index (κ2) is 10.7. The highest BCUT2D eigenvalue weighted by molar-refractivity contribution is 5.99. The van der Waals surface area contributed by atoms with Gasteiger partial charge in [-0.2, -0.15) is 15.1 Å². The summed E-state index contributed by atoms with van der Waals surface area (Å²) in [6, 6.07) is 16.3. The van der Waals surface area contributed by atoms with Crippen LogP contribution in [-0.2, 0) is 11.2 Å². The third-order valence-electron chi connectivity index (χ3n) is 5.12. The van der Waals surface area contributed by atoms with Crippen molar-refractivity contribution in [1.82, 2.24) is 15.0 Å². The Bertz CT molecular complexity index is 1050. The van der Waals surface area contributed by atoms with Crippen LogP contribution in [0.15, 0.2) is 59.8 Å². The first-order valence-electron chi connectivity index (χ1n) is 10.8. The molecule has 1 aliphatic rings. The van der Waals surface area contributed by atoms with E-state index in [2.05, 4.69) is 49.4 Å². The predicted octanol–water partition coefficient (Wildman–Crippen LogP) is 3.47. The molecule has 0 amide bonds. The number of aromatic nitrogens is 3. The lowest BCUT2D eigenvalue weighted by Crippen LogP contribution is -2.36. The highest BCUT2D eigenvalue weighted by Crippen LogP contribution is 2.21. The van der Waals surface area contributed by atoms with Crippen LogP contribution in [0.1, 0.15) is 23.7 Å². The Kier molecular flexibility index (Phi) is 7.24. The number of nitrogens with one attached hydrogen (secondary N) is 1. The number of benzene rings is 1. The molecule has 0 spiro atoms. The van der Waals surface area contributed by atoms with Gasteiger partial charge in [0.2, 0.25) is 0 Å². The van der Waals surface area contributed by atoms with Gasteiger partial charge < -0.3 is 14.4 Å². The van der Waals surface area contributed by atoms with Crippen molar-refractivity contribution in [3.05, 3.63) is 71.5 Å². The number of anilines is 2. The molecule has 0 bridgehead atoms. The zero-order valence-electron chi connectivity index (χ0n) is 18.5.